The van der Waals surface area contributed by atoms with Gasteiger partial charge in [-0.1, -0.05) is 49.9 Å². The predicted molar refractivity (Wildman–Crippen MR) is 109 cm³/mol. The van der Waals surface area contributed by atoms with Crippen LogP contribution in [0.2, 0.25) is 5.02 Å². The molecule has 1 aliphatic heterocycles. The van der Waals surface area contributed by atoms with Crippen LogP contribution in [0.4, 0.5) is 0 Å². The van der Waals surface area contributed by atoms with Crippen molar-refractivity contribution in [3.05, 3.63) is 34.9 Å². The Morgan fingerprint density at radius 2 is 2.00 bits per heavy atom. The Bertz CT molecular complexity index is 687. The first kappa shape index (κ1) is 19.3. The number of benzene rings is 1. The van der Waals surface area contributed by atoms with Crippen molar-refractivity contribution in [1.29, 1.82) is 0 Å². The molecule has 0 aromatic heterocycles. The average Bonchev–Trinajstić information content (AvgIpc) is 3.16. The van der Waals surface area contributed by atoms with E-state index in [2.05, 4.69) is 25.2 Å². The van der Waals surface area contributed by atoms with Gasteiger partial charge in [-0.3, -0.25) is 4.79 Å². The second-order valence-corrected chi connectivity index (χ2v) is 9.77. The van der Waals surface area contributed by atoms with Gasteiger partial charge in [0.05, 0.1) is 12.2 Å². The Hall–Kier alpha value is -1.06. The van der Waals surface area contributed by atoms with E-state index in [9.17, 15) is 4.79 Å². The maximum absolute atomic E-state index is 13.0. The number of amides is 1. The number of halogens is 1. The van der Waals surface area contributed by atoms with Gasteiger partial charge in [0.25, 0.3) is 0 Å². The highest BCUT2D eigenvalue weighted by Crippen LogP contribution is 2.48. The average molecular weight is 390 g/mol. The number of hydrogen-bond acceptors (Lipinski definition) is 2. The molecule has 1 amide bonds. The molecular weight excluding hydrogens is 358 g/mol. The first-order valence-corrected chi connectivity index (χ1v) is 11.1. The molecule has 0 bridgehead atoms. The predicted octanol–water partition coefficient (Wildman–Crippen LogP) is 5.67. The van der Waals surface area contributed by atoms with E-state index in [0.717, 1.165) is 42.7 Å². The van der Waals surface area contributed by atoms with Crippen molar-refractivity contribution in [2.45, 2.75) is 83.0 Å². The van der Waals surface area contributed by atoms with Crippen LogP contribution in [-0.4, -0.2) is 17.6 Å². The van der Waals surface area contributed by atoms with Crippen LogP contribution >= 0.6 is 11.6 Å². The van der Waals surface area contributed by atoms with Crippen molar-refractivity contribution < 1.29 is 9.53 Å². The van der Waals surface area contributed by atoms with Crippen molar-refractivity contribution in [2.75, 3.05) is 0 Å². The van der Waals surface area contributed by atoms with E-state index < -0.39 is 0 Å². The standard InChI is InChI=1S/C23H32ClNO2/c1-15-10-11-19-20(12-15)27-21(17-8-5-9-18(24)13-17)14-23(19,2)25-22(26)16-6-3-4-7-16/h5,8-9,13,15-16,19-21H,3-4,6-7,10-12,14H2,1-2H3,(H,25,26)/t15-,19-,20-,21-,23-/m0/s1. The summed E-state index contributed by atoms with van der Waals surface area (Å²) in [4.78, 5) is 13.0. The maximum Gasteiger partial charge on any atom is 0.223 e. The number of ether oxygens (including phenoxy) is 1. The normalized spacial score (nSPS) is 37.0. The molecule has 4 rings (SSSR count). The van der Waals surface area contributed by atoms with E-state index in [0.29, 0.717) is 11.8 Å². The van der Waals surface area contributed by atoms with Crippen LogP contribution in [0, 0.1) is 17.8 Å². The third-order valence-corrected chi connectivity index (χ3v) is 7.41. The molecule has 1 saturated heterocycles. The number of fused-ring (bicyclic) bond motifs is 1. The Labute approximate surface area is 168 Å². The summed E-state index contributed by atoms with van der Waals surface area (Å²) in [7, 11) is 0. The van der Waals surface area contributed by atoms with Crippen LogP contribution in [0.15, 0.2) is 24.3 Å². The van der Waals surface area contributed by atoms with E-state index in [1.807, 2.05) is 18.2 Å². The van der Waals surface area contributed by atoms with Gasteiger partial charge in [-0.25, -0.2) is 0 Å². The lowest BCUT2D eigenvalue weighted by Gasteiger charge is -2.52. The molecule has 3 fully saturated rings. The summed E-state index contributed by atoms with van der Waals surface area (Å²) < 4.78 is 6.59. The minimum atomic E-state index is -0.213. The smallest absolute Gasteiger partial charge is 0.223 e. The van der Waals surface area contributed by atoms with Gasteiger partial charge in [0.2, 0.25) is 5.91 Å². The largest absolute Gasteiger partial charge is 0.370 e. The van der Waals surface area contributed by atoms with Gasteiger partial charge in [-0.15, -0.1) is 0 Å². The molecule has 5 atom stereocenters. The molecule has 1 heterocycles. The maximum atomic E-state index is 13.0. The van der Waals surface area contributed by atoms with Crippen molar-refractivity contribution in [3.8, 4) is 0 Å². The fraction of sp³-hybridized carbons (Fsp3) is 0.696. The SMILES string of the molecule is C[C@H]1CC[C@H]2[C@H](C1)O[C@H](c1cccc(Cl)c1)C[C@]2(C)NC(=O)C1CCCC1. The van der Waals surface area contributed by atoms with Crippen molar-refractivity contribution in [2.24, 2.45) is 17.8 Å². The third kappa shape index (κ3) is 4.05. The molecule has 0 radical (unpaired) electrons. The Morgan fingerprint density at radius 3 is 2.74 bits per heavy atom. The van der Waals surface area contributed by atoms with Crippen LogP contribution in [0.1, 0.15) is 76.9 Å². The molecule has 4 heteroatoms. The molecule has 1 aromatic carbocycles. The fourth-order valence-electron chi connectivity index (χ4n) is 5.62. The first-order chi connectivity index (χ1) is 12.9. The molecule has 27 heavy (non-hydrogen) atoms. The van der Waals surface area contributed by atoms with Gasteiger partial charge in [-0.2, -0.15) is 0 Å². The van der Waals surface area contributed by atoms with Crippen LogP contribution in [-0.2, 0) is 9.53 Å². The van der Waals surface area contributed by atoms with Crippen LogP contribution in [0.3, 0.4) is 0 Å². The van der Waals surface area contributed by atoms with Gasteiger partial charge >= 0.3 is 0 Å². The molecule has 0 spiro atoms. The van der Waals surface area contributed by atoms with Crippen molar-refractivity contribution in [1.82, 2.24) is 5.32 Å². The molecule has 3 nitrogen and oxygen atoms in total. The Morgan fingerprint density at radius 1 is 1.22 bits per heavy atom. The number of hydrogen-bond donors (Lipinski definition) is 1. The molecule has 2 saturated carbocycles. The van der Waals surface area contributed by atoms with Gasteiger partial charge < -0.3 is 10.1 Å². The quantitative estimate of drug-likeness (QED) is 0.723. The molecular formula is C23H32ClNO2. The van der Waals surface area contributed by atoms with Crippen molar-refractivity contribution >= 4 is 17.5 Å². The minimum Gasteiger partial charge on any atom is -0.370 e. The van der Waals surface area contributed by atoms with Gasteiger partial charge in [0, 0.05) is 28.8 Å². The number of carbonyl (C=O) groups excluding carboxylic acids is 1. The highest BCUT2D eigenvalue weighted by molar-refractivity contribution is 6.30. The summed E-state index contributed by atoms with van der Waals surface area (Å²) in [6, 6.07) is 8.01. The second-order valence-electron chi connectivity index (χ2n) is 9.34. The zero-order chi connectivity index (χ0) is 19.0. The molecule has 148 valence electrons. The zero-order valence-corrected chi connectivity index (χ0v) is 17.3. The summed E-state index contributed by atoms with van der Waals surface area (Å²) >= 11 is 6.24. The Balaban J connectivity index is 1.59. The van der Waals surface area contributed by atoms with E-state index in [1.165, 1.54) is 19.3 Å². The first-order valence-electron chi connectivity index (χ1n) is 10.7. The molecule has 3 aliphatic rings. The number of carbonyl (C=O) groups is 1. The van der Waals surface area contributed by atoms with Crippen molar-refractivity contribution in [3.63, 3.8) is 0 Å². The molecule has 1 aromatic rings. The summed E-state index contributed by atoms with van der Waals surface area (Å²) in [5.41, 5.74) is 0.913. The monoisotopic (exact) mass is 389 g/mol. The van der Waals surface area contributed by atoms with Crippen LogP contribution < -0.4 is 5.32 Å². The third-order valence-electron chi connectivity index (χ3n) is 7.18. The minimum absolute atomic E-state index is 0.0101. The second kappa shape index (κ2) is 7.75. The molecule has 1 N–H and O–H groups in total. The van der Waals surface area contributed by atoms with Crippen LogP contribution in [0.5, 0.6) is 0 Å². The van der Waals surface area contributed by atoms with E-state index >= 15 is 0 Å². The lowest BCUT2D eigenvalue weighted by molar-refractivity contribution is -0.155. The highest BCUT2D eigenvalue weighted by Gasteiger charge is 2.50. The van der Waals surface area contributed by atoms with E-state index in [4.69, 9.17) is 16.3 Å². The summed E-state index contributed by atoms with van der Waals surface area (Å²) in [6.07, 6.45) is 8.92. The van der Waals surface area contributed by atoms with E-state index in [-0.39, 0.29) is 29.6 Å². The van der Waals surface area contributed by atoms with E-state index in [1.54, 1.807) is 0 Å². The lowest BCUT2D eigenvalue weighted by atomic mass is 9.66. The summed E-state index contributed by atoms with van der Waals surface area (Å²) in [5, 5.41) is 4.26. The van der Waals surface area contributed by atoms with Crippen LogP contribution in [0.25, 0.3) is 0 Å². The van der Waals surface area contributed by atoms with Gasteiger partial charge in [0.1, 0.15) is 0 Å². The highest BCUT2D eigenvalue weighted by atomic mass is 35.5. The number of rotatable bonds is 3. The number of nitrogens with one attached hydrogen (secondary N) is 1. The topological polar surface area (TPSA) is 38.3 Å². The zero-order valence-electron chi connectivity index (χ0n) is 16.5. The van der Waals surface area contributed by atoms with Gasteiger partial charge in [0.15, 0.2) is 0 Å². The fourth-order valence-corrected chi connectivity index (χ4v) is 5.82. The summed E-state index contributed by atoms with van der Waals surface area (Å²) in [5.74, 6) is 1.54. The molecule has 2 aliphatic carbocycles. The lowest BCUT2D eigenvalue weighted by Crippen LogP contribution is -2.61. The molecule has 0 unspecified atom stereocenters. The summed E-state index contributed by atoms with van der Waals surface area (Å²) in [6.45, 7) is 4.57. The Kier molecular flexibility index (Phi) is 5.53. The van der Waals surface area contributed by atoms with Gasteiger partial charge in [-0.05, 0) is 56.2 Å².